The quantitative estimate of drug-likeness (QED) is 0.743. The largest absolute Gasteiger partial charge is 0.397 e. The first-order valence-electron chi connectivity index (χ1n) is 4.38. The molecule has 2 N–H and O–H groups in total. The molecule has 0 saturated carbocycles. The Labute approximate surface area is 86.8 Å². The van der Waals surface area contributed by atoms with Crippen molar-refractivity contribution in [1.29, 1.82) is 5.26 Å². The molecule has 5 heteroatoms. The number of nitrogen functional groups attached to an aromatic ring is 1. The van der Waals surface area contributed by atoms with E-state index in [0.717, 1.165) is 5.82 Å². The minimum Gasteiger partial charge on any atom is -0.397 e. The van der Waals surface area contributed by atoms with Crippen LogP contribution >= 0.6 is 0 Å². The molecule has 0 unspecified atom stereocenters. The van der Waals surface area contributed by atoms with Crippen molar-refractivity contribution in [3.63, 3.8) is 0 Å². The zero-order valence-electron chi connectivity index (χ0n) is 8.18. The lowest BCUT2D eigenvalue weighted by Gasteiger charge is -2.05. The highest BCUT2D eigenvalue weighted by Crippen LogP contribution is 2.15. The third kappa shape index (κ3) is 1.53. The number of rotatable bonds is 1. The molecule has 0 radical (unpaired) electrons. The van der Waals surface area contributed by atoms with Crippen LogP contribution < -0.4 is 5.73 Å². The normalized spacial score (nSPS) is 9.87. The molecule has 0 atom stereocenters. The van der Waals surface area contributed by atoms with E-state index >= 15 is 0 Å². The van der Waals surface area contributed by atoms with Crippen molar-refractivity contribution in [3.8, 4) is 11.9 Å². The fraction of sp³-hybridized carbons (Fsp3) is 0.100. The molecular weight excluding hydrogens is 190 g/mol. The Hall–Kier alpha value is -2.35. The van der Waals surface area contributed by atoms with E-state index in [1.54, 1.807) is 23.0 Å². The monoisotopic (exact) mass is 199 g/mol. The summed E-state index contributed by atoms with van der Waals surface area (Å²) in [5.74, 6) is 1.34. The number of aryl methyl sites for hydroxylation is 1. The second-order valence-electron chi connectivity index (χ2n) is 3.10. The molecule has 2 heterocycles. The van der Waals surface area contributed by atoms with Crippen molar-refractivity contribution in [1.82, 2.24) is 14.5 Å². The smallest absolute Gasteiger partial charge is 0.156 e. The van der Waals surface area contributed by atoms with Crippen LogP contribution in [0.1, 0.15) is 11.4 Å². The van der Waals surface area contributed by atoms with Crippen LogP contribution in [0, 0.1) is 18.3 Å². The van der Waals surface area contributed by atoms with Gasteiger partial charge in [0.1, 0.15) is 11.9 Å². The van der Waals surface area contributed by atoms with E-state index in [-0.39, 0.29) is 0 Å². The molecule has 0 aliphatic carbocycles. The summed E-state index contributed by atoms with van der Waals surface area (Å²) in [5.41, 5.74) is 6.48. The van der Waals surface area contributed by atoms with Crippen LogP contribution in [-0.4, -0.2) is 14.5 Å². The third-order valence-corrected chi connectivity index (χ3v) is 2.06. The lowest BCUT2D eigenvalue weighted by Crippen LogP contribution is -2.03. The molecule has 5 nitrogen and oxygen atoms in total. The molecule has 0 fully saturated rings. The molecule has 2 rings (SSSR count). The summed E-state index contributed by atoms with van der Waals surface area (Å²) >= 11 is 0. The SMILES string of the molecule is Cc1nccn1-c1ncc(N)cc1C#N. The van der Waals surface area contributed by atoms with Gasteiger partial charge in [0.15, 0.2) is 5.82 Å². The van der Waals surface area contributed by atoms with Crippen molar-refractivity contribution in [2.45, 2.75) is 6.92 Å². The standard InChI is InChI=1S/C10H9N5/c1-7-13-2-3-15(7)10-8(5-11)4-9(12)6-14-10/h2-4,6H,12H2,1H3. The van der Waals surface area contributed by atoms with Crippen molar-refractivity contribution in [2.24, 2.45) is 0 Å². The van der Waals surface area contributed by atoms with Crippen LogP contribution in [0.4, 0.5) is 5.69 Å². The Morgan fingerprint density at radius 1 is 1.47 bits per heavy atom. The number of anilines is 1. The second kappa shape index (κ2) is 3.42. The van der Waals surface area contributed by atoms with E-state index in [1.165, 1.54) is 6.20 Å². The van der Waals surface area contributed by atoms with Crippen molar-refractivity contribution in [2.75, 3.05) is 5.73 Å². The number of nitriles is 1. The summed E-state index contributed by atoms with van der Waals surface area (Å²) in [6.07, 6.45) is 4.94. The number of hydrogen-bond donors (Lipinski definition) is 1. The van der Waals surface area contributed by atoms with E-state index in [1.807, 2.05) is 6.92 Å². The molecule has 2 aromatic heterocycles. The van der Waals surface area contributed by atoms with Gasteiger partial charge in [-0.15, -0.1) is 0 Å². The Balaban J connectivity index is 2.64. The molecule has 0 aliphatic rings. The Morgan fingerprint density at radius 2 is 2.27 bits per heavy atom. The zero-order valence-corrected chi connectivity index (χ0v) is 8.18. The van der Waals surface area contributed by atoms with Gasteiger partial charge in [0.2, 0.25) is 0 Å². The number of hydrogen-bond acceptors (Lipinski definition) is 4. The van der Waals surface area contributed by atoms with Gasteiger partial charge in [0.25, 0.3) is 0 Å². The molecule has 0 amide bonds. The summed E-state index contributed by atoms with van der Waals surface area (Å²) in [6.45, 7) is 1.85. The van der Waals surface area contributed by atoms with Gasteiger partial charge >= 0.3 is 0 Å². The average molecular weight is 199 g/mol. The number of nitrogens with two attached hydrogens (primary N) is 1. The lowest BCUT2D eigenvalue weighted by atomic mass is 10.2. The fourth-order valence-electron chi connectivity index (χ4n) is 1.35. The van der Waals surface area contributed by atoms with Gasteiger partial charge in [-0.25, -0.2) is 9.97 Å². The van der Waals surface area contributed by atoms with Gasteiger partial charge in [-0.05, 0) is 13.0 Å². The third-order valence-electron chi connectivity index (χ3n) is 2.06. The summed E-state index contributed by atoms with van der Waals surface area (Å²) in [5, 5.41) is 8.95. The Bertz CT molecular complexity index is 535. The number of aromatic nitrogens is 3. The summed E-state index contributed by atoms with van der Waals surface area (Å²) in [7, 11) is 0. The first kappa shape index (κ1) is 9.21. The maximum absolute atomic E-state index is 8.95. The Kier molecular flexibility index (Phi) is 2.10. The van der Waals surface area contributed by atoms with Crippen LogP contribution in [0.2, 0.25) is 0 Å². The second-order valence-corrected chi connectivity index (χ2v) is 3.10. The lowest BCUT2D eigenvalue weighted by molar-refractivity contribution is 0.928. The van der Waals surface area contributed by atoms with E-state index in [0.29, 0.717) is 17.1 Å². The van der Waals surface area contributed by atoms with E-state index in [9.17, 15) is 0 Å². The molecule has 15 heavy (non-hydrogen) atoms. The van der Waals surface area contributed by atoms with Gasteiger partial charge in [-0.2, -0.15) is 5.26 Å². The van der Waals surface area contributed by atoms with Gasteiger partial charge in [0, 0.05) is 12.4 Å². The number of imidazole rings is 1. The van der Waals surface area contributed by atoms with Crippen molar-refractivity contribution < 1.29 is 0 Å². The summed E-state index contributed by atoms with van der Waals surface area (Å²) < 4.78 is 1.75. The molecule has 0 spiro atoms. The summed E-state index contributed by atoms with van der Waals surface area (Å²) in [6, 6.07) is 3.66. The first-order valence-corrected chi connectivity index (χ1v) is 4.38. The molecular formula is C10H9N5. The van der Waals surface area contributed by atoms with Crippen LogP contribution in [0.25, 0.3) is 5.82 Å². The molecule has 0 aliphatic heterocycles. The van der Waals surface area contributed by atoms with E-state index in [4.69, 9.17) is 11.0 Å². The van der Waals surface area contributed by atoms with Gasteiger partial charge in [0.05, 0.1) is 17.4 Å². The molecule has 74 valence electrons. The van der Waals surface area contributed by atoms with E-state index in [2.05, 4.69) is 16.0 Å². The van der Waals surface area contributed by atoms with Gasteiger partial charge < -0.3 is 5.73 Å². The molecule has 2 aromatic rings. The van der Waals surface area contributed by atoms with Crippen molar-refractivity contribution >= 4 is 5.69 Å². The fourth-order valence-corrected chi connectivity index (χ4v) is 1.35. The Morgan fingerprint density at radius 3 is 2.87 bits per heavy atom. The highest BCUT2D eigenvalue weighted by atomic mass is 15.1. The zero-order chi connectivity index (χ0) is 10.8. The maximum Gasteiger partial charge on any atom is 0.156 e. The van der Waals surface area contributed by atoms with Crippen LogP contribution in [0.15, 0.2) is 24.7 Å². The van der Waals surface area contributed by atoms with Gasteiger partial charge in [-0.1, -0.05) is 0 Å². The topological polar surface area (TPSA) is 80.5 Å². The summed E-state index contributed by atoms with van der Waals surface area (Å²) in [4.78, 5) is 8.20. The number of nitrogens with zero attached hydrogens (tertiary/aromatic N) is 4. The average Bonchev–Trinajstić information content (AvgIpc) is 2.64. The van der Waals surface area contributed by atoms with Crippen LogP contribution in [0.3, 0.4) is 0 Å². The molecule has 0 bridgehead atoms. The first-order chi connectivity index (χ1) is 7.22. The van der Waals surface area contributed by atoms with Gasteiger partial charge in [-0.3, -0.25) is 4.57 Å². The molecule has 0 saturated heterocycles. The van der Waals surface area contributed by atoms with Crippen LogP contribution in [0.5, 0.6) is 0 Å². The van der Waals surface area contributed by atoms with Crippen LogP contribution in [-0.2, 0) is 0 Å². The minimum atomic E-state index is 0.441. The highest BCUT2D eigenvalue weighted by molar-refractivity contribution is 5.51. The highest BCUT2D eigenvalue weighted by Gasteiger charge is 2.08. The molecule has 0 aromatic carbocycles. The van der Waals surface area contributed by atoms with Crippen molar-refractivity contribution in [3.05, 3.63) is 36.0 Å². The van der Waals surface area contributed by atoms with E-state index < -0.39 is 0 Å². The minimum absolute atomic E-state index is 0.441. The predicted octanol–water partition coefficient (Wildman–Crippen LogP) is 1.03. The number of pyridine rings is 1. The maximum atomic E-state index is 8.95. The predicted molar refractivity (Wildman–Crippen MR) is 55.2 cm³/mol.